The van der Waals surface area contributed by atoms with Crippen molar-refractivity contribution in [2.75, 3.05) is 6.61 Å². The van der Waals surface area contributed by atoms with Crippen LogP contribution in [0.3, 0.4) is 0 Å². The molecule has 1 aromatic heterocycles. The monoisotopic (exact) mass is 214 g/mol. The van der Waals surface area contributed by atoms with Gasteiger partial charge < -0.3 is 4.74 Å². The second kappa shape index (κ2) is 4.15. The lowest BCUT2D eigenvalue weighted by Gasteiger charge is -2.03. The predicted octanol–water partition coefficient (Wildman–Crippen LogP) is 1.72. The van der Waals surface area contributed by atoms with Crippen LogP contribution in [-0.4, -0.2) is 17.6 Å². The van der Waals surface area contributed by atoms with Crippen molar-refractivity contribution in [1.82, 2.24) is 4.98 Å². The van der Waals surface area contributed by atoms with Crippen molar-refractivity contribution in [3.05, 3.63) is 34.7 Å². The lowest BCUT2D eigenvalue weighted by molar-refractivity contribution is 0.0526. The van der Waals surface area contributed by atoms with Gasteiger partial charge in [-0.3, -0.25) is 4.98 Å². The largest absolute Gasteiger partial charge is 0.462 e. The number of esters is 1. The Hall–Kier alpha value is -2.15. The first-order valence-corrected chi connectivity index (χ1v) is 5.01. The number of hydrogen-bond acceptors (Lipinski definition) is 4. The van der Waals surface area contributed by atoms with E-state index in [0.717, 1.165) is 11.3 Å². The number of fused-ring (bicyclic) bond motifs is 1. The van der Waals surface area contributed by atoms with Gasteiger partial charge in [-0.25, -0.2) is 4.79 Å². The van der Waals surface area contributed by atoms with Crippen molar-refractivity contribution in [2.24, 2.45) is 0 Å². The van der Waals surface area contributed by atoms with Gasteiger partial charge in [0, 0.05) is 18.2 Å². The number of aromatic nitrogens is 1. The van der Waals surface area contributed by atoms with Crippen LogP contribution >= 0.6 is 0 Å². The zero-order valence-corrected chi connectivity index (χ0v) is 8.86. The summed E-state index contributed by atoms with van der Waals surface area (Å²) in [6, 6.07) is 3.80. The molecule has 0 saturated heterocycles. The van der Waals surface area contributed by atoms with Crippen molar-refractivity contribution in [3.8, 4) is 6.07 Å². The molecule has 0 saturated carbocycles. The minimum Gasteiger partial charge on any atom is -0.462 e. The number of ether oxygens (including phenoxy) is 1. The third-order valence-corrected chi connectivity index (χ3v) is 2.35. The standard InChI is InChI=1S/C12H10N2O2/c1-2-16-12(15)10-5-9-3-8(6-13)4-11(9)14-7-10/h3,5,7H,2,4H2,1H3. The molecular formula is C12H10N2O2. The van der Waals surface area contributed by atoms with Crippen molar-refractivity contribution in [3.63, 3.8) is 0 Å². The fourth-order valence-electron chi connectivity index (χ4n) is 1.60. The van der Waals surface area contributed by atoms with Crippen molar-refractivity contribution < 1.29 is 9.53 Å². The van der Waals surface area contributed by atoms with Gasteiger partial charge in [-0.15, -0.1) is 0 Å². The molecule has 0 aliphatic heterocycles. The zero-order chi connectivity index (χ0) is 11.5. The molecular weight excluding hydrogens is 204 g/mol. The summed E-state index contributed by atoms with van der Waals surface area (Å²) in [4.78, 5) is 15.6. The van der Waals surface area contributed by atoms with E-state index in [1.54, 1.807) is 19.1 Å². The Bertz CT molecular complexity index is 512. The Morgan fingerprint density at radius 3 is 3.19 bits per heavy atom. The molecule has 1 heterocycles. The second-order valence-corrected chi connectivity index (χ2v) is 3.44. The first kappa shape index (κ1) is 10.4. The van der Waals surface area contributed by atoms with E-state index >= 15 is 0 Å². The van der Waals surface area contributed by atoms with Crippen LogP contribution in [0.2, 0.25) is 0 Å². The molecule has 0 aromatic carbocycles. The highest BCUT2D eigenvalue weighted by atomic mass is 16.5. The van der Waals surface area contributed by atoms with Gasteiger partial charge in [0.2, 0.25) is 0 Å². The van der Waals surface area contributed by atoms with Crippen LogP contribution in [0.1, 0.15) is 28.5 Å². The molecule has 2 rings (SSSR count). The average molecular weight is 214 g/mol. The number of nitrogens with zero attached hydrogens (tertiary/aromatic N) is 2. The van der Waals surface area contributed by atoms with E-state index in [0.29, 0.717) is 24.2 Å². The minimum absolute atomic E-state index is 0.342. The molecule has 0 spiro atoms. The Kier molecular flexibility index (Phi) is 2.69. The van der Waals surface area contributed by atoms with Gasteiger partial charge in [0.15, 0.2) is 0 Å². The maximum atomic E-state index is 11.4. The Morgan fingerprint density at radius 2 is 2.50 bits per heavy atom. The van der Waals surface area contributed by atoms with E-state index in [-0.39, 0.29) is 5.97 Å². The van der Waals surface area contributed by atoms with Gasteiger partial charge in [0.25, 0.3) is 0 Å². The van der Waals surface area contributed by atoms with Crippen LogP contribution in [-0.2, 0) is 11.2 Å². The van der Waals surface area contributed by atoms with Crippen LogP contribution in [0.5, 0.6) is 0 Å². The molecule has 1 aliphatic rings. The smallest absolute Gasteiger partial charge is 0.339 e. The van der Waals surface area contributed by atoms with Crippen LogP contribution in [0.4, 0.5) is 0 Å². The van der Waals surface area contributed by atoms with Crippen LogP contribution in [0.15, 0.2) is 17.8 Å². The Morgan fingerprint density at radius 1 is 1.69 bits per heavy atom. The molecule has 0 bridgehead atoms. The second-order valence-electron chi connectivity index (χ2n) is 3.44. The summed E-state index contributed by atoms with van der Waals surface area (Å²) in [5.74, 6) is -0.378. The number of allylic oxidation sites excluding steroid dienone is 1. The molecule has 0 fully saturated rings. The normalized spacial score (nSPS) is 12.6. The highest BCUT2D eigenvalue weighted by Crippen LogP contribution is 2.23. The first-order chi connectivity index (χ1) is 7.74. The predicted molar refractivity (Wildman–Crippen MR) is 57.5 cm³/mol. The Labute approximate surface area is 93.2 Å². The van der Waals surface area contributed by atoms with Crippen LogP contribution < -0.4 is 0 Å². The fourth-order valence-corrected chi connectivity index (χ4v) is 1.60. The highest BCUT2D eigenvalue weighted by molar-refractivity contribution is 5.90. The summed E-state index contributed by atoms with van der Waals surface area (Å²) in [7, 11) is 0. The number of pyridine rings is 1. The summed E-state index contributed by atoms with van der Waals surface area (Å²) in [6.07, 6.45) is 3.80. The number of hydrogen-bond donors (Lipinski definition) is 0. The van der Waals surface area contributed by atoms with Crippen LogP contribution in [0.25, 0.3) is 6.08 Å². The highest BCUT2D eigenvalue weighted by Gasteiger charge is 2.16. The molecule has 4 heteroatoms. The van der Waals surface area contributed by atoms with Gasteiger partial charge in [0.1, 0.15) is 0 Å². The molecule has 0 unspecified atom stereocenters. The summed E-state index contributed by atoms with van der Waals surface area (Å²) in [5, 5.41) is 8.76. The summed E-state index contributed by atoms with van der Waals surface area (Å²) in [6.45, 7) is 2.10. The van der Waals surface area contributed by atoms with E-state index < -0.39 is 0 Å². The summed E-state index contributed by atoms with van der Waals surface area (Å²) in [5.41, 5.74) is 2.77. The summed E-state index contributed by atoms with van der Waals surface area (Å²) >= 11 is 0. The maximum absolute atomic E-state index is 11.4. The van der Waals surface area contributed by atoms with Gasteiger partial charge in [0.05, 0.1) is 23.9 Å². The topological polar surface area (TPSA) is 63.0 Å². The molecule has 0 amide bonds. The average Bonchev–Trinajstić information content (AvgIpc) is 2.70. The van der Waals surface area contributed by atoms with Gasteiger partial charge >= 0.3 is 5.97 Å². The third-order valence-electron chi connectivity index (χ3n) is 2.35. The van der Waals surface area contributed by atoms with E-state index in [9.17, 15) is 4.79 Å². The van der Waals surface area contributed by atoms with Crippen molar-refractivity contribution in [2.45, 2.75) is 13.3 Å². The summed E-state index contributed by atoms with van der Waals surface area (Å²) < 4.78 is 4.88. The zero-order valence-electron chi connectivity index (χ0n) is 8.86. The van der Waals surface area contributed by atoms with E-state index in [2.05, 4.69) is 11.1 Å². The minimum atomic E-state index is -0.378. The number of carbonyl (C=O) groups excluding carboxylic acids is 1. The van der Waals surface area contributed by atoms with E-state index in [4.69, 9.17) is 10.00 Å². The molecule has 0 atom stereocenters. The van der Waals surface area contributed by atoms with E-state index in [1.165, 1.54) is 6.20 Å². The fraction of sp³-hybridized carbons (Fsp3) is 0.250. The molecule has 0 N–H and O–H groups in total. The first-order valence-electron chi connectivity index (χ1n) is 5.01. The third kappa shape index (κ3) is 1.80. The number of carbonyl (C=O) groups is 1. The maximum Gasteiger partial charge on any atom is 0.339 e. The molecule has 0 radical (unpaired) electrons. The van der Waals surface area contributed by atoms with Crippen molar-refractivity contribution >= 4 is 12.0 Å². The SMILES string of the molecule is CCOC(=O)c1cnc2c(c1)C=C(C#N)C2. The van der Waals surface area contributed by atoms with Gasteiger partial charge in [-0.05, 0) is 24.6 Å². The molecule has 1 aromatic rings. The quantitative estimate of drug-likeness (QED) is 0.703. The lowest BCUT2D eigenvalue weighted by Crippen LogP contribution is -2.06. The van der Waals surface area contributed by atoms with Crippen molar-refractivity contribution in [1.29, 1.82) is 5.26 Å². The molecule has 16 heavy (non-hydrogen) atoms. The van der Waals surface area contributed by atoms with Gasteiger partial charge in [-0.2, -0.15) is 5.26 Å². The molecule has 1 aliphatic carbocycles. The van der Waals surface area contributed by atoms with Gasteiger partial charge in [-0.1, -0.05) is 0 Å². The Balaban J connectivity index is 2.31. The molecule has 80 valence electrons. The number of nitriles is 1. The molecule has 4 nitrogen and oxygen atoms in total. The number of rotatable bonds is 2. The van der Waals surface area contributed by atoms with Crippen LogP contribution in [0, 0.1) is 11.3 Å². The lowest BCUT2D eigenvalue weighted by atomic mass is 10.2. The van der Waals surface area contributed by atoms with E-state index in [1.807, 2.05) is 0 Å².